The third-order valence-corrected chi connectivity index (χ3v) is 5.27. The van der Waals surface area contributed by atoms with Crippen molar-refractivity contribution in [1.29, 1.82) is 0 Å². The summed E-state index contributed by atoms with van der Waals surface area (Å²) in [6.45, 7) is 4.76. The minimum atomic E-state index is -0.0323. The molecule has 0 aromatic heterocycles. The van der Waals surface area contributed by atoms with Crippen molar-refractivity contribution in [3.05, 3.63) is 29.8 Å². The first-order valence-corrected chi connectivity index (χ1v) is 9.73. The van der Waals surface area contributed by atoms with E-state index < -0.39 is 0 Å². The summed E-state index contributed by atoms with van der Waals surface area (Å²) in [6, 6.07) is 8.54. The highest BCUT2D eigenvalue weighted by atomic mass is 35.5. The third-order valence-electron chi connectivity index (χ3n) is 5.27. The van der Waals surface area contributed by atoms with Crippen LogP contribution in [0.25, 0.3) is 0 Å². The van der Waals surface area contributed by atoms with Crippen LogP contribution in [0.3, 0.4) is 0 Å². The number of hydrogen-bond donors (Lipinski definition) is 2. The molecule has 2 saturated heterocycles. The number of halogens is 1. The smallest absolute Gasteiger partial charge is 0.237 e. The lowest BCUT2D eigenvalue weighted by molar-refractivity contribution is -0.122. The van der Waals surface area contributed by atoms with Crippen LogP contribution in [-0.2, 0) is 16.1 Å². The lowest BCUT2D eigenvalue weighted by atomic mass is 10.1. The van der Waals surface area contributed by atoms with Crippen molar-refractivity contribution in [1.82, 2.24) is 15.5 Å². The Kier molecular flexibility index (Phi) is 9.34. The van der Waals surface area contributed by atoms with Crippen LogP contribution in [0, 0.1) is 0 Å². The first kappa shape index (κ1) is 22.0. The number of carbonyl (C=O) groups is 1. The SMILES string of the molecule is CN(CCOc1cccc(CNC(=O)[C@@H]2CCCN2)c1)C1CCOCC1.Cl. The highest BCUT2D eigenvalue weighted by Crippen LogP contribution is 2.15. The van der Waals surface area contributed by atoms with Gasteiger partial charge in [0.1, 0.15) is 12.4 Å². The molecule has 152 valence electrons. The van der Waals surface area contributed by atoms with Crippen molar-refractivity contribution >= 4 is 18.3 Å². The quantitative estimate of drug-likeness (QED) is 0.702. The summed E-state index contributed by atoms with van der Waals surface area (Å²) in [6.07, 6.45) is 4.20. The summed E-state index contributed by atoms with van der Waals surface area (Å²) in [4.78, 5) is 14.4. The normalized spacial score (nSPS) is 20.3. The zero-order valence-electron chi connectivity index (χ0n) is 16.1. The number of hydrogen-bond acceptors (Lipinski definition) is 5. The van der Waals surface area contributed by atoms with E-state index in [4.69, 9.17) is 9.47 Å². The molecule has 1 aromatic rings. The maximum atomic E-state index is 12.1. The molecule has 1 amide bonds. The van der Waals surface area contributed by atoms with Crippen LogP contribution in [0.4, 0.5) is 0 Å². The molecule has 27 heavy (non-hydrogen) atoms. The van der Waals surface area contributed by atoms with Gasteiger partial charge < -0.3 is 20.1 Å². The van der Waals surface area contributed by atoms with Crippen molar-refractivity contribution in [3.8, 4) is 5.75 Å². The first-order valence-electron chi connectivity index (χ1n) is 9.73. The minimum absolute atomic E-state index is 0. The van der Waals surface area contributed by atoms with E-state index in [2.05, 4.69) is 22.6 Å². The average Bonchev–Trinajstić information content (AvgIpc) is 3.22. The summed E-state index contributed by atoms with van der Waals surface area (Å²) in [5.41, 5.74) is 1.06. The van der Waals surface area contributed by atoms with Gasteiger partial charge in [-0.05, 0) is 57.0 Å². The molecule has 2 heterocycles. The fraction of sp³-hybridized carbons (Fsp3) is 0.650. The van der Waals surface area contributed by atoms with Gasteiger partial charge in [-0.2, -0.15) is 0 Å². The van der Waals surface area contributed by atoms with Gasteiger partial charge >= 0.3 is 0 Å². The zero-order chi connectivity index (χ0) is 18.2. The predicted molar refractivity (Wildman–Crippen MR) is 109 cm³/mol. The molecule has 1 atom stereocenters. The highest BCUT2D eigenvalue weighted by molar-refractivity contribution is 5.85. The van der Waals surface area contributed by atoms with Gasteiger partial charge in [0.15, 0.2) is 0 Å². The van der Waals surface area contributed by atoms with Crippen LogP contribution in [0.5, 0.6) is 5.75 Å². The Balaban J connectivity index is 0.00000261. The van der Waals surface area contributed by atoms with E-state index in [0.717, 1.165) is 63.3 Å². The summed E-state index contributed by atoms with van der Waals surface area (Å²) in [7, 11) is 2.16. The number of carbonyl (C=O) groups excluding carboxylic acids is 1. The summed E-state index contributed by atoms with van der Waals surface area (Å²) in [5.74, 6) is 0.947. The second kappa shape index (κ2) is 11.5. The van der Waals surface area contributed by atoms with Crippen molar-refractivity contribution < 1.29 is 14.3 Å². The molecular weight excluding hydrogens is 366 g/mol. The molecule has 7 heteroatoms. The van der Waals surface area contributed by atoms with E-state index >= 15 is 0 Å². The molecule has 0 saturated carbocycles. The van der Waals surface area contributed by atoms with Gasteiger partial charge in [-0.15, -0.1) is 12.4 Å². The van der Waals surface area contributed by atoms with Gasteiger partial charge in [0, 0.05) is 32.3 Å². The lowest BCUT2D eigenvalue weighted by Gasteiger charge is -2.31. The van der Waals surface area contributed by atoms with E-state index in [1.807, 2.05) is 24.3 Å². The topological polar surface area (TPSA) is 62.8 Å². The molecular formula is C20H32ClN3O3. The van der Waals surface area contributed by atoms with E-state index in [1.54, 1.807) is 0 Å². The Morgan fingerprint density at radius 3 is 2.89 bits per heavy atom. The Hall–Kier alpha value is -1.34. The molecule has 0 unspecified atom stereocenters. The van der Waals surface area contributed by atoms with E-state index in [1.165, 1.54) is 0 Å². The van der Waals surface area contributed by atoms with Gasteiger partial charge in [0.25, 0.3) is 0 Å². The molecule has 2 fully saturated rings. The summed E-state index contributed by atoms with van der Waals surface area (Å²) in [5, 5.41) is 6.23. The Bertz CT molecular complexity index is 575. The van der Waals surface area contributed by atoms with Gasteiger partial charge in [0.2, 0.25) is 5.91 Å². The number of amides is 1. The molecule has 0 bridgehead atoms. The molecule has 2 aliphatic heterocycles. The van der Waals surface area contributed by atoms with Crippen molar-refractivity contribution in [2.24, 2.45) is 0 Å². The fourth-order valence-electron chi connectivity index (χ4n) is 3.58. The Labute approximate surface area is 168 Å². The van der Waals surface area contributed by atoms with Gasteiger partial charge in [0.05, 0.1) is 6.04 Å². The van der Waals surface area contributed by atoms with Crippen molar-refractivity contribution in [3.63, 3.8) is 0 Å². The molecule has 0 radical (unpaired) electrons. The largest absolute Gasteiger partial charge is 0.492 e. The summed E-state index contributed by atoms with van der Waals surface area (Å²) >= 11 is 0. The van der Waals surface area contributed by atoms with E-state index in [0.29, 0.717) is 19.2 Å². The third kappa shape index (κ3) is 6.96. The molecule has 3 rings (SSSR count). The van der Waals surface area contributed by atoms with Crippen LogP contribution in [0.15, 0.2) is 24.3 Å². The number of likely N-dealkylation sites (N-methyl/N-ethyl adjacent to an activating group) is 1. The molecule has 0 spiro atoms. The van der Waals surface area contributed by atoms with Gasteiger partial charge in [-0.25, -0.2) is 0 Å². The van der Waals surface area contributed by atoms with E-state index in [-0.39, 0.29) is 24.4 Å². The predicted octanol–water partition coefficient (Wildman–Crippen LogP) is 1.97. The van der Waals surface area contributed by atoms with Crippen LogP contribution in [-0.4, -0.2) is 62.8 Å². The minimum Gasteiger partial charge on any atom is -0.492 e. The Morgan fingerprint density at radius 2 is 2.15 bits per heavy atom. The number of benzene rings is 1. The second-order valence-electron chi connectivity index (χ2n) is 7.19. The van der Waals surface area contributed by atoms with Crippen LogP contribution >= 0.6 is 12.4 Å². The molecule has 6 nitrogen and oxygen atoms in total. The number of rotatable bonds is 8. The average molecular weight is 398 g/mol. The van der Waals surface area contributed by atoms with Crippen molar-refractivity contribution in [2.45, 2.75) is 44.3 Å². The van der Waals surface area contributed by atoms with Crippen molar-refractivity contribution in [2.75, 3.05) is 40.0 Å². The highest BCUT2D eigenvalue weighted by Gasteiger charge is 2.21. The van der Waals surface area contributed by atoms with Gasteiger partial charge in [-0.1, -0.05) is 12.1 Å². The monoisotopic (exact) mass is 397 g/mol. The zero-order valence-corrected chi connectivity index (χ0v) is 16.9. The maximum absolute atomic E-state index is 12.1. The number of nitrogens with one attached hydrogen (secondary N) is 2. The summed E-state index contributed by atoms with van der Waals surface area (Å²) < 4.78 is 11.3. The van der Waals surface area contributed by atoms with Gasteiger partial charge in [-0.3, -0.25) is 9.69 Å². The van der Waals surface area contributed by atoms with E-state index in [9.17, 15) is 4.79 Å². The first-order chi connectivity index (χ1) is 12.7. The Morgan fingerprint density at radius 1 is 1.33 bits per heavy atom. The molecule has 0 aliphatic carbocycles. The molecule has 1 aromatic carbocycles. The van der Waals surface area contributed by atoms with Crippen LogP contribution in [0.2, 0.25) is 0 Å². The van der Waals surface area contributed by atoms with Crippen LogP contribution in [0.1, 0.15) is 31.2 Å². The molecule has 2 aliphatic rings. The second-order valence-corrected chi connectivity index (χ2v) is 7.19. The lowest BCUT2D eigenvalue weighted by Crippen LogP contribution is -2.40. The number of ether oxygens (including phenoxy) is 2. The standard InChI is InChI=1S/C20H31N3O3.ClH/c1-23(17-7-11-25-12-8-17)10-13-26-18-5-2-4-16(14-18)15-22-20(24)19-6-3-9-21-19;/h2,4-5,14,17,19,21H,3,6-13,15H2,1H3,(H,22,24);1H/t19-;/m0./s1. The fourth-order valence-corrected chi connectivity index (χ4v) is 3.58. The number of nitrogens with zero attached hydrogens (tertiary/aromatic N) is 1. The maximum Gasteiger partial charge on any atom is 0.237 e. The molecule has 2 N–H and O–H groups in total. The van der Waals surface area contributed by atoms with Crippen LogP contribution < -0.4 is 15.4 Å².